The number of aliphatic carboxylic acids is 1. The third-order valence-corrected chi connectivity index (χ3v) is 8.11. The van der Waals surface area contributed by atoms with Crippen molar-refractivity contribution < 1.29 is 55.4 Å². The average Bonchev–Trinajstić information content (AvgIpc) is 3.90. The standard InChI is InChI=1S/C34H29ClF6N8O6/c35-21-8-6-19(7-9-21)32(13-14-32)49-30-46-29(47-31(48-30)55-17-33(36,37)38)44-22-10-4-18(5-11-22)25(50)45-24(28(53)54)12-15-42-26(51)27(52)43-23-3-1-2-20(16-23)34(39,40)41/h1-11,16,24H,12-15,17H2,(H,42,51)(H,43,52)(H,45,50)(H,53,54)(H2,44,46,47,48,49)/t24-/m0/s1. The van der Waals surface area contributed by atoms with Crippen LogP contribution in [0.3, 0.4) is 0 Å². The number of anilines is 4. The van der Waals surface area contributed by atoms with Gasteiger partial charge in [0.1, 0.15) is 6.04 Å². The normalized spacial score (nSPS) is 13.9. The zero-order valence-electron chi connectivity index (χ0n) is 28.0. The third kappa shape index (κ3) is 11.4. The first-order chi connectivity index (χ1) is 25.9. The number of nitrogens with zero attached hydrogens (tertiary/aromatic N) is 3. The molecule has 55 heavy (non-hydrogen) atoms. The quantitative estimate of drug-likeness (QED) is 0.0681. The second-order valence-electron chi connectivity index (χ2n) is 12.0. The second kappa shape index (κ2) is 16.5. The number of hydrogen-bond acceptors (Lipinski definition) is 10. The fraction of sp³-hybridized carbons (Fsp3) is 0.265. The molecule has 290 valence electrons. The van der Waals surface area contributed by atoms with E-state index in [4.69, 9.17) is 16.3 Å². The minimum absolute atomic E-state index is 0.00728. The number of amides is 3. The van der Waals surface area contributed by atoms with E-state index in [0.717, 1.165) is 23.8 Å². The van der Waals surface area contributed by atoms with Crippen LogP contribution in [0.1, 0.15) is 40.7 Å². The van der Waals surface area contributed by atoms with Gasteiger partial charge in [-0.15, -0.1) is 0 Å². The van der Waals surface area contributed by atoms with Crippen molar-refractivity contribution in [2.45, 2.75) is 43.2 Å². The zero-order chi connectivity index (χ0) is 40.0. The highest BCUT2D eigenvalue weighted by atomic mass is 35.5. The van der Waals surface area contributed by atoms with Crippen molar-refractivity contribution in [2.75, 3.05) is 29.1 Å². The Hall–Kier alpha value is -6.18. The lowest BCUT2D eigenvalue weighted by molar-refractivity contribution is -0.154. The highest BCUT2D eigenvalue weighted by molar-refractivity contribution is 6.39. The van der Waals surface area contributed by atoms with E-state index in [1.807, 2.05) is 5.32 Å². The maximum Gasteiger partial charge on any atom is 0.422 e. The van der Waals surface area contributed by atoms with Crippen LogP contribution in [0.4, 0.5) is 49.6 Å². The molecule has 1 aromatic heterocycles. The molecular weight excluding hydrogens is 766 g/mol. The number of alkyl halides is 6. The van der Waals surface area contributed by atoms with Gasteiger partial charge < -0.3 is 36.4 Å². The van der Waals surface area contributed by atoms with Gasteiger partial charge in [0.05, 0.1) is 11.1 Å². The number of benzene rings is 3. The summed E-state index contributed by atoms with van der Waals surface area (Å²) in [6, 6.07) is 13.8. The molecule has 0 bridgehead atoms. The van der Waals surface area contributed by atoms with E-state index < -0.39 is 72.3 Å². The molecule has 0 unspecified atom stereocenters. The number of halogens is 7. The van der Waals surface area contributed by atoms with Gasteiger partial charge in [-0.25, -0.2) is 4.79 Å². The molecule has 1 aliphatic rings. The van der Waals surface area contributed by atoms with E-state index >= 15 is 0 Å². The predicted octanol–water partition coefficient (Wildman–Crippen LogP) is 5.66. The van der Waals surface area contributed by atoms with E-state index in [-0.39, 0.29) is 35.3 Å². The van der Waals surface area contributed by atoms with Gasteiger partial charge in [-0.1, -0.05) is 29.8 Å². The summed E-state index contributed by atoms with van der Waals surface area (Å²) in [4.78, 5) is 61.2. The number of carbonyl (C=O) groups is 4. The van der Waals surface area contributed by atoms with E-state index in [0.29, 0.717) is 23.9 Å². The molecule has 3 amide bonds. The molecular formula is C34H29ClF6N8O6. The maximum absolute atomic E-state index is 12.9. The summed E-state index contributed by atoms with van der Waals surface area (Å²) >= 11 is 6.00. The van der Waals surface area contributed by atoms with Crippen LogP contribution in [0.15, 0.2) is 72.8 Å². The van der Waals surface area contributed by atoms with Crippen LogP contribution in [0.5, 0.6) is 6.01 Å². The van der Waals surface area contributed by atoms with Crippen molar-refractivity contribution in [3.63, 3.8) is 0 Å². The lowest BCUT2D eigenvalue weighted by atomic mass is 10.1. The molecule has 0 spiro atoms. The number of hydrogen-bond donors (Lipinski definition) is 6. The number of carboxylic acid groups (broad SMARTS) is 1. The summed E-state index contributed by atoms with van der Waals surface area (Å²) in [5.41, 5.74) is -0.816. The second-order valence-corrected chi connectivity index (χ2v) is 12.5. The molecule has 1 saturated carbocycles. The molecule has 0 radical (unpaired) electrons. The molecule has 14 nitrogen and oxygen atoms in total. The van der Waals surface area contributed by atoms with Gasteiger partial charge in [0.15, 0.2) is 6.61 Å². The number of nitrogens with one attached hydrogen (secondary N) is 5. The summed E-state index contributed by atoms with van der Waals surface area (Å²) < 4.78 is 82.3. The lowest BCUT2D eigenvalue weighted by Crippen LogP contribution is -2.44. The molecule has 1 atom stereocenters. The molecule has 0 aliphatic heterocycles. The van der Waals surface area contributed by atoms with Crippen LogP contribution in [-0.4, -0.2) is 69.1 Å². The van der Waals surface area contributed by atoms with Crippen LogP contribution in [0, 0.1) is 0 Å². The monoisotopic (exact) mass is 794 g/mol. The predicted molar refractivity (Wildman–Crippen MR) is 184 cm³/mol. The van der Waals surface area contributed by atoms with E-state index in [9.17, 15) is 50.6 Å². The van der Waals surface area contributed by atoms with Gasteiger partial charge in [-0.3, -0.25) is 14.4 Å². The Kier molecular flexibility index (Phi) is 12.0. The molecule has 0 saturated heterocycles. The molecule has 5 rings (SSSR count). The molecule has 4 aromatic rings. The minimum Gasteiger partial charge on any atom is -0.480 e. The Bertz CT molecular complexity index is 2050. The fourth-order valence-electron chi connectivity index (χ4n) is 4.98. The molecule has 6 N–H and O–H groups in total. The first kappa shape index (κ1) is 40.0. The fourth-order valence-corrected chi connectivity index (χ4v) is 5.10. The van der Waals surface area contributed by atoms with Gasteiger partial charge in [-0.2, -0.15) is 41.3 Å². The largest absolute Gasteiger partial charge is 0.480 e. The molecule has 1 heterocycles. The summed E-state index contributed by atoms with van der Waals surface area (Å²) in [5, 5.41) is 22.5. The minimum atomic E-state index is -4.68. The topological polar surface area (TPSA) is 197 Å². The van der Waals surface area contributed by atoms with Gasteiger partial charge >= 0.3 is 36.1 Å². The van der Waals surface area contributed by atoms with Crippen molar-refractivity contribution in [2.24, 2.45) is 0 Å². The van der Waals surface area contributed by atoms with Crippen LogP contribution in [0.2, 0.25) is 5.02 Å². The molecule has 3 aromatic carbocycles. The number of ether oxygens (including phenoxy) is 1. The van der Waals surface area contributed by atoms with E-state index in [1.165, 1.54) is 24.3 Å². The van der Waals surface area contributed by atoms with Gasteiger partial charge in [0, 0.05) is 28.5 Å². The Morgan fingerprint density at radius 3 is 2.15 bits per heavy atom. The Balaban J connectivity index is 1.18. The van der Waals surface area contributed by atoms with Gasteiger partial charge in [-0.05, 0) is 79.4 Å². The highest BCUT2D eigenvalue weighted by Crippen LogP contribution is 2.48. The Labute approximate surface area is 312 Å². The lowest BCUT2D eigenvalue weighted by Gasteiger charge is -2.19. The Morgan fingerprint density at radius 2 is 1.53 bits per heavy atom. The number of carbonyl (C=O) groups excluding carboxylic acids is 3. The summed E-state index contributed by atoms with van der Waals surface area (Å²) in [6.07, 6.45) is -8.39. The van der Waals surface area contributed by atoms with Crippen LogP contribution >= 0.6 is 11.6 Å². The number of rotatable bonds is 14. The summed E-state index contributed by atoms with van der Waals surface area (Å²) in [7, 11) is 0. The summed E-state index contributed by atoms with van der Waals surface area (Å²) in [6.45, 7) is -2.07. The first-order valence-electron chi connectivity index (χ1n) is 16.1. The van der Waals surface area contributed by atoms with Crippen LogP contribution in [-0.2, 0) is 26.1 Å². The zero-order valence-corrected chi connectivity index (χ0v) is 28.8. The van der Waals surface area contributed by atoms with E-state index in [2.05, 4.69) is 36.2 Å². The smallest absolute Gasteiger partial charge is 0.422 e. The Morgan fingerprint density at radius 1 is 0.855 bits per heavy atom. The highest BCUT2D eigenvalue weighted by Gasteiger charge is 2.45. The van der Waals surface area contributed by atoms with Crippen molar-refractivity contribution >= 4 is 58.6 Å². The van der Waals surface area contributed by atoms with Crippen molar-refractivity contribution in [1.82, 2.24) is 25.6 Å². The van der Waals surface area contributed by atoms with Gasteiger partial charge in [0.2, 0.25) is 11.9 Å². The number of carboxylic acids is 1. The molecule has 1 aliphatic carbocycles. The first-order valence-corrected chi connectivity index (χ1v) is 16.4. The van der Waals surface area contributed by atoms with Crippen molar-refractivity contribution in [3.8, 4) is 6.01 Å². The number of aromatic nitrogens is 3. The summed E-state index contributed by atoms with van der Waals surface area (Å²) in [5.74, 6) is -5.14. The van der Waals surface area contributed by atoms with Crippen molar-refractivity contribution in [3.05, 3.63) is 94.5 Å². The van der Waals surface area contributed by atoms with Crippen LogP contribution < -0.4 is 31.3 Å². The van der Waals surface area contributed by atoms with Crippen molar-refractivity contribution in [1.29, 1.82) is 0 Å². The molecule has 21 heteroatoms. The average molecular weight is 795 g/mol. The molecule has 1 fully saturated rings. The SMILES string of the molecule is O=C(NCC[C@H](NC(=O)c1ccc(Nc2nc(NC3(c4ccc(Cl)cc4)CC3)nc(OCC(F)(F)F)n2)cc1)C(=O)O)C(=O)Nc1cccc(C(F)(F)F)c1. The van der Waals surface area contributed by atoms with Crippen LogP contribution in [0.25, 0.3) is 0 Å². The van der Waals surface area contributed by atoms with Gasteiger partial charge in [0.25, 0.3) is 5.91 Å². The third-order valence-electron chi connectivity index (χ3n) is 7.86. The van der Waals surface area contributed by atoms with E-state index in [1.54, 1.807) is 24.3 Å². The maximum atomic E-state index is 12.9.